The molecule has 1 N–H and O–H groups in total. The standard InChI is InChI=1S/C30H19B5N2OP/c1-2-8-19(9-3-1)36-39(33-31-34(39)35(33)39)20-16-17-27-24(18-20)32-23-12-6-11-22-21-10-4-5-13-25(21)37(30(22)23)26-14-7-15-28(38-27)29(26)32/h1-18,36H/q-1. The topological polar surface area (TPSA) is 26.2 Å². The average molecular weight is 509 g/mol. The molecule has 5 aromatic carbocycles. The van der Waals surface area contributed by atoms with Crippen LogP contribution in [0.3, 0.4) is 0 Å². The van der Waals surface area contributed by atoms with Gasteiger partial charge in [0.05, 0.1) is 0 Å². The number of anilines is 1. The number of aromatic nitrogens is 1. The number of ether oxygens (including phenoxy) is 1. The first-order chi connectivity index (χ1) is 19.3. The summed E-state index contributed by atoms with van der Waals surface area (Å²) in [5.74, 6) is 1.99. The molecule has 4 saturated heterocycles. The van der Waals surface area contributed by atoms with E-state index >= 15 is 0 Å². The Hall–Kier alpha value is -3.75. The van der Waals surface area contributed by atoms with Gasteiger partial charge in [0.1, 0.15) is 0 Å². The zero-order valence-electron chi connectivity index (χ0n) is 21.1. The van der Waals surface area contributed by atoms with Crippen molar-refractivity contribution in [3.63, 3.8) is 0 Å². The summed E-state index contributed by atoms with van der Waals surface area (Å²) in [4.78, 5) is 0. The van der Waals surface area contributed by atoms with Gasteiger partial charge in [0.25, 0.3) is 0 Å². The van der Waals surface area contributed by atoms with Gasteiger partial charge in [-0.3, -0.25) is 0 Å². The van der Waals surface area contributed by atoms with Crippen LogP contribution in [0.25, 0.3) is 27.5 Å². The van der Waals surface area contributed by atoms with Gasteiger partial charge in [-0.25, -0.2) is 0 Å². The monoisotopic (exact) mass is 509 g/mol. The molecular formula is C30H19B5N2OP-. The van der Waals surface area contributed by atoms with Gasteiger partial charge in [0.15, 0.2) is 0 Å². The normalized spacial score (nSPS) is 19.7. The quantitative estimate of drug-likeness (QED) is 0.290. The van der Waals surface area contributed by atoms with Crippen molar-refractivity contribution in [2.75, 3.05) is 5.09 Å². The van der Waals surface area contributed by atoms with E-state index in [-0.39, 0.29) is 6.71 Å². The van der Waals surface area contributed by atoms with Gasteiger partial charge in [-0.1, -0.05) is 0 Å². The third kappa shape index (κ3) is 1.98. The third-order valence-corrected chi connectivity index (χ3v) is 17.7. The Morgan fingerprint density at radius 3 is 2.36 bits per heavy atom. The molecule has 0 aliphatic carbocycles. The Balaban J connectivity index is 1.18. The fraction of sp³-hybridized carbons (Fsp3) is 0. The molecule has 2 radical (unpaired) electrons. The summed E-state index contributed by atoms with van der Waals surface area (Å²) in [6, 6.07) is 40.3. The van der Waals surface area contributed by atoms with E-state index in [0.29, 0.717) is 0 Å². The van der Waals surface area contributed by atoms with Gasteiger partial charge in [0, 0.05) is 0 Å². The minimum atomic E-state index is -2.12. The van der Waals surface area contributed by atoms with Crippen LogP contribution in [0.5, 0.6) is 11.5 Å². The Labute approximate surface area is 228 Å². The molecule has 0 unspecified atom stereocenters. The molecule has 0 spiro atoms. The molecule has 3 nitrogen and oxygen atoms in total. The maximum absolute atomic E-state index is 6.69. The Morgan fingerprint density at radius 2 is 1.51 bits per heavy atom. The first kappa shape index (κ1) is 20.2. The number of fused-ring (bicyclic) bond motifs is 7. The summed E-state index contributed by atoms with van der Waals surface area (Å²) >= 11 is 0. The summed E-state index contributed by atoms with van der Waals surface area (Å²) in [5.41, 5.74) is 9.12. The van der Waals surface area contributed by atoms with Crippen LogP contribution >= 0.6 is 6.39 Å². The van der Waals surface area contributed by atoms with Crippen LogP contribution in [-0.2, 0) is 0 Å². The first-order valence-corrected chi connectivity index (χ1v) is 16.4. The van der Waals surface area contributed by atoms with Crippen molar-refractivity contribution in [2.24, 2.45) is 0 Å². The molecule has 1 aromatic heterocycles. The van der Waals surface area contributed by atoms with Gasteiger partial charge in [-0.05, 0) is 0 Å². The predicted octanol–water partition coefficient (Wildman–Crippen LogP) is 3.79. The number of hydrogen-bond acceptors (Lipinski definition) is 2. The van der Waals surface area contributed by atoms with E-state index in [4.69, 9.17) is 4.74 Å². The van der Waals surface area contributed by atoms with Crippen molar-refractivity contribution in [1.29, 1.82) is 0 Å². The van der Waals surface area contributed by atoms with Gasteiger partial charge in [-0.2, -0.15) is 0 Å². The van der Waals surface area contributed by atoms with E-state index < -0.39 is 6.39 Å². The number of benzene rings is 5. The van der Waals surface area contributed by atoms with Crippen molar-refractivity contribution < 1.29 is 4.74 Å². The summed E-state index contributed by atoms with van der Waals surface area (Å²) in [6.45, 7) is 0.161. The van der Waals surface area contributed by atoms with Crippen molar-refractivity contribution >= 4 is 88.0 Å². The molecule has 4 fully saturated rings. The fourth-order valence-corrected chi connectivity index (χ4v) is 16.9. The predicted molar refractivity (Wildman–Crippen MR) is 172 cm³/mol. The molecule has 6 aliphatic heterocycles. The average Bonchev–Trinajstić information content (AvgIpc) is 3.55. The zero-order valence-corrected chi connectivity index (χ0v) is 22.0. The Morgan fingerprint density at radius 1 is 0.718 bits per heavy atom. The van der Waals surface area contributed by atoms with Gasteiger partial charge in [0.2, 0.25) is 0 Å². The third-order valence-electron chi connectivity index (χ3n) is 10.7. The van der Waals surface area contributed by atoms with Gasteiger partial charge < -0.3 is 0 Å². The van der Waals surface area contributed by atoms with E-state index in [0.717, 1.165) is 30.1 Å². The van der Waals surface area contributed by atoms with Crippen LogP contribution < -0.4 is 31.5 Å². The number of para-hydroxylation sites is 3. The van der Waals surface area contributed by atoms with Crippen LogP contribution in [0.15, 0.2) is 109 Å². The second-order valence-electron chi connectivity index (χ2n) is 12.0. The zero-order chi connectivity index (χ0) is 25.1. The molecule has 39 heavy (non-hydrogen) atoms. The minimum absolute atomic E-state index is 0.161. The molecule has 6 aliphatic rings. The van der Waals surface area contributed by atoms with Crippen LogP contribution in [0.4, 0.5) is 5.69 Å². The number of nitrogens with one attached hydrogen (secondary N) is 1. The molecule has 176 valence electrons. The molecule has 6 aromatic rings. The Bertz CT molecular complexity index is 2110. The SMILES string of the molecule is [B-]1B2B3B1P23(Nc1ccccc1)c1ccc2c(c1)B1c3c(cccc3-n3c4ccccc4c4cccc1c43)O2. The summed E-state index contributed by atoms with van der Waals surface area (Å²) in [5, 5.41) is 8.38. The van der Waals surface area contributed by atoms with Crippen LogP contribution in [0.1, 0.15) is 0 Å². The van der Waals surface area contributed by atoms with Crippen LogP contribution in [-0.4, -0.2) is 37.0 Å². The first-order valence-electron chi connectivity index (χ1n) is 14.0. The molecular weight excluding hydrogens is 489 g/mol. The molecule has 0 atom stereocenters. The van der Waals surface area contributed by atoms with E-state index in [2.05, 4.69) is 126 Å². The summed E-state index contributed by atoms with van der Waals surface area (Å²) in [6.07, 6.45) is 0.229. The second-order valence-corrected chi connectivity index (χ2v) is 17.2. The molecule has 7 heterocycles. The van der Waals surface area contributed by atoms with Gasteiger partial charge >= 0.3 is 229 Å². The molecule has 2 bridgehead atoms. The second kappa shape index (κ2) is 6.19. The van der Waals surface area contributed by atoms with E-state index in [9.17, 15) is 0 Å². The molecule has 0 amide bonds. The molecule has 9 heteroatoms. The fourth-order valence-electron chi connectivity index (χ4n) is 8.91. The Kier molecular flexibility index (Phi) is 3.20. The van der Waals surface area contributed by atoms with Crippen molar-refractivity contribution in [3.05, 3.63) is 109 Å². The number of hydrogen-bond donors (Lipinski definition) is 1. The molecule has 0 saturated carbocycles. The maximum atomic E-state index is 6.69. The van der Waals surface area contributed by atoms with E-state index in [1.165, 1.54) is 49.6 Å². The van der Waals surface area contributed by atoms with E-state index in [1.54, 1.807) is 5.30 Å². The summed E-state index contributed by atoms with van der Waals surface area (Å²) < 4.78 is 9.16. The van der Waals surface area contributed by atoms with Crippen LogP contribution in [0.2, 0.25) is 0 Å². The molecule has 12 rings (SSSR count). The van der Waals surface area contributed by atoms with Crippen molar-refractivity contribution in [1.82, 2.24) is 4.57 Å². The number of rotatable bonds is 3. The van der Waals surface area contributed by atoms with Crippen LogP contribution in [0, 0.1) is 0 Å². The van der Waals surface area contributed by atoms with E-state index in [1.807, 2.05) is 0 Å². The van der Waals surface area contributed by atoms with Gasteiger partial charge in [-0.15, -0.1) is 0 Å². The van der Waals surface area contributed by atoms with Crippen molar-refractivity contribution in [2.45, 2.75) is 0 Å². The van der Waals surface area contributed by atoms with Crippen molar-refractivity contribution in [3.8, 4) is 17.2 Å². The summed E-state index contributed by atoms with van der Waals surface area (Å²) in [7, 11) is 2.60. The number of nitrogens with zero attached hydrogens (tertiary/aromatic N) is 1.